The average molecular weight is 455 g/mol. The predicted molar refractivity (Wildman–Crippen MR) is 121 cm³/mol. The number of rotatable bonds is 3. The van der Waals surface area contributed by atoms with E-state index in [9.17, 15) is 9.59 Å². The van der Waals surface area contributed by atoms with Crippen LogP contribution in [0.3, 0.4) is 0 Å². The first-order valence-electron chi connectivity index (χ1n) is 10.4. The molecule has 0 spiro atoms. The molecular weight excluding hydrogens is 435 g/mol. The first-order chi connectivity index (χ1) is 15.0. The van der Waals surface area contributed by atoms with Gasteiger partial charge in [-0.25, -0.2) is 9.97 Å². The third-order valence-corrected chi connectivity index (χ3v) is 6.41. The molecule has 0 aliphatic carbocycles. The summed E-state index contributed by atoms with van der Waals surface area (Å²) in [5.41, 5.74) is 1.75. The van der Waals surface area contributed by atoms with E-state index in [0.717, 1.165) is 43.3 Å². The van der Waals surface area contributed by atoms with Crippen LogP contribution in [-0.2, 0) is 4.79 Å². The van der Waals surface area contributed by atoms with Crippen molar-refractivity contribution in [3.8, 4) is 0 Å². The smallest absolute Gasteiger partial charge is 0.260 e. The van der Waals surface area contributed by atoms with Crippen molar-refractivity contribution in [3.05, 3.63) is 63.8 Å². The lowest BCUT2D eigenvalue weighted by molar-refractivity contribution is -0.132. The summed E-state index contributed by atoms with van der Waals surface area (Å²) in [6, 6.07) is 11.9. The number of amides is 2. The van der Waals surface area contributed by atoms with Gasteiger partial charge < -0.3 is 4.90 Å². The van der Waals surface area contributed by atoms with Gasteiger partial charge in [0, 0.05) is 29.1 Å². The van der Waals surface area contributed by atoms with Gasteiger partial charge in [0.2, 0.25) is 5.91 Å². The molecule has 1 aromatic carbocycles. The molecule has 0 saturated carbocycles. The largest absolute Gasteiger partial charge is 0.343 e. The molecule has 8 heteroatoms. The zero-order valence-electron chi connectivity index (χ0n) is 16.7. The lowest BCUT2D eigenvalue weighted by atomic mass is 10.0. The summed E-state index contributed by atoms with van der Waals surface area (Å²) < 4.78 is 0. The Bertz CT molecular complexity index is 1190. The van der Waals surface area contributed by atoms with Gasteiger partial charge in [0.05, 0.1) is 12.5 Å². The Labute approximate surface area is 189 Å². The van der Waals surface area contributed by atoms with Crippen LogP contribution in [-0.4, -0.2) is 39.8 Å². The molecular formula is C23H20Cl2N4O2. The second-order valence-corrected chi connectivity index (χ2v) is 8.74. The van der Waals surface area contributed by atoms with E-state index in [1.807, 2.05) is 17.0 Å². The number of piperidine rings is 1. The monoisotopic (exact) mass is 454 g/mol. The molecule has 0 bridgehead atoms. The number of anilines is 1. The zero-order chi connectivity index (χ0) is 21.5. The maximum absolute atomic E-state index is 13.4. The molecule has 5 rings (SSSR count). The number of hydrogen-bond acceptors (Lipinski definition) is 4. The lowest BCUT2D eigenvalue weighted by Gasteiger charge is -2.30. The second kappa shape index (κ2) is 8.09. The fourth-order valence-corrected chi connectivity index (χ4v) is 4.74. The first-order valence-corrected chi connectivity index (χ1v) is 11.1. The number of aromatic nitrogens is 2. The third-order valence-electron chi connectivity index (χ3n) is 5.96. The minimum Gasteiger partial charge on any atom is -0.343 e. The summed E-state index contributed by atoms with van der Waals surface area (Å²) >= 11 is 12.3. The number of nitrogens with zero attached hydrogens (tertiary/aromatic N) is 4. The zero-order valence-corrected chi connectivity index (χ0v) is 18.2. The Hall–Kier alpha value is -2.70. The van der Waals surface area contributed by atoms with Crippen molar-refractivity contribution in [2.45, 2.75) is 31.7 Å². The summed E-state index contributed by atoms with van der Waals surface area (Å²) in [5.74, 6) is 0.283. The molecule has 158 valence electrons. The molecule has 2 aromatic heterocycles. The fourth-order valence-electron chi connectivity index (χ4n) is 4.42. The Balaban J connectivity index is 1.55. The van der Waals surface area contributed by atoms with Crippen molar-refractivity contribution in [1.29, 1.82) is 0 Å². The molecule has 2 aliphatic rings. The van der Waals surface area contributed by atoms with Crippen molar-refractivity contribution >= 4 is 51.9 Å². The van der Waals surface area contributed by atoms with E-state index in [4.69, 9.17) is 23.2 Å². The van der Waals surface area contributed by atoms with Gasteiger partial charge in [-0.1, -0.05) is 23.2 Å². The van der Waals surface area contributed by atoms with E-state index in [0.29, 0.717) is 27.2 Å². The van der Waals surface area contributed by atoms with Gasteiger partial charge in [-0.15, -0.1) is 0 Å². The molecule has 2 amide bonds. The van der Waals surface area contributed by atoms with Gasteiger partial charge in [0.15, 0.2) is 5.65 Å². The molecule has 0 radical (unpaired) electrons. The highest BCUT2D eigenvalue weighted by atomic mass is 35.5. The number of likely N-dealkylation sites (tertiary alicyclic amines) is 1. The minimum absolute atomic E-state index is 0.0392. The van der Waals surface area contributed by atoms with Crippen LogP contribution in [0.5, 0.6) is 0 Å². The van der Waals surface area contributed by atoms with Crippen molar-refractivity contribution in [1.82, 2.24) is 14.9 Å². The number of halogens is 2. The van der Waals surface area contributed by atoms with E-state index in [-0.39, 0.29) is 18.2 Å². The van der Waals surface area contributed by atoms with Gasteiger partial charge in [0.1, 0.15) is 11.0 Å². The molecule has 4 heterocycles. The van der Waals surface area contributed by atoms with Gasteiger partial charge in [0.25, 0.3) is 5.91 Å². The molecule has 2 aliphatic heterocycles. The molecule has 1 saturated heterocycles. The minimum atomic E-state index is -0.472. The van der Waals surface area contributed by atoms with E-state index in [1.165, 1.54) is 0 Å². The van der Waals surface area contributed by atoms with Crippen LogP contribution in [0.15, 0.2) is 42.5 Å². The van der Waals surface area contributed by atoms with Crippen molar-refractivity contribution in [2.24, 2.45) is 0 Å². The molecule has 1 atom stereocenters. The van der Waals surface area contributed by atoms with E-state index >= 15 is 0 Å². The summed E-state index contributed by atoms with van der Waals surface area (Å²) in [6.07, 6.45) is 3.36. The molecule has 1 unspecified atom stereocenters. The van der Waals surface area contributed by atoms with Crippen molar-refractivity contribution < 1.29 is 9.59 Å². The highest BCUT2D eigenvalue weighted by Gasteiger charge is 2.40. The fraction of sp³-hybridized carbons (Fsp3) is 0.304. The molecule has 6 nitrogen and oxygen atoms in total. The Morgan fingerprint density at radius 1 is 1.00 bits per heavy atom. The van der Waals surface area contributed by atoms with Crippen LogP contribution in [0.1, 0.15) is 47.6 Å². The van der Waals surface area contributed by atoms with Crippen molar-refractivity contribution in [3.63, 3.8) is 0 Å². The van der Waals surface area contributed by atoms with Gasteiger partial charge in [-0.2, -0.15) is 0 Å². The highest BCUT2D eigenvalue weighted by Crippen LogP contribution is 2.40. The van der Waals surface area contributed by atoms with Crippen LogP contribution < -0.4 is 4.90 Å². The maximum Gasteiger partial charge on any atom is 0.260 e. The first kappa shape index (κ1) is 20.2. The summed E-state index contributed by atoms with van der Waals surface area (Å²) in [6.45, 7) is 1.52. The summed E-state index contributed by atoms with van der Waals surface area (Å²) in [5, 5.41) is 1.68. The topological polar surface area (TPSA) is 66.4 Å². The van der Waals surface area contributed by atoms with Crippen LogP contribution in [0, 0.1) is 0 Å². The number of fused-ring (bicyclic) bond motifs is 2. The predicted octanol–water partition coefficient (Wildman–Crippen LogP) is 5.04. The molecule has 31 heavy (non-hydrogen) atoms. The van der Waals surface area contributed by atoms with E-state index in [1.54, 1.807) is 35.2 Å². The van der Waals surface area contributed by atoms with E-state index in [2.05, 4.69) is 9.97 Å². The summed E-state index contributed by atoms with van der Waals surface area (Å²) in [7, 11) is 0. The van der Waals surface area contributed by atoms with Gasteiger partial charge in [-0.3, -0.25) is 14.5 Å². The van der Waals surface area contributed by atoms with Crippen LogP contribution in [0.2, 0.25) is 10.2 Å². The Morgan fingerprint density at radius 3 is 2.58 bits per heavy atom. The molecule has 1 fully saturated rings. The number of carbonyl (C=O) groups excluding carboxylic acids is 2. The maximum atomic E-state index is 13.4. The van der Waals surface area contributed by atoms with Gasteiger partial charge >= 0.3 is 0 Å². The van der Waals surface area contributed by atoms with Crippen LogP contribution in [0.25, 0.3) is 11.0 Å². The number of pyridine rings is 2. The van der Waals surface area contributed by atoms with Crippen molar-refractivity contribution in [2.75, 3.05) is 18.0 Å². The molecule has 0 N–H and O–H groups in total. The third kappa shape index (κ3) is 3.75. The Kier molecular flexibility index (Phi) is 5.28. The average Bonchev–Trinajstić information content (AvgIpc) is 3.04. The van der Waals surface area contributed by atoms with E-state index < -0.39 is 6.04 Å². The SMILES string of the molecule is O=C(CC1c2cc(Cl)ccc2C(=O)N1c1ccc2ccc(Cl)nc2n1)N1CCCCC1. The number of benzene rings is 1. The quantitative estimate of drug-likeness (QED) is 0.519. The second-order valence-electron chi connectivity index (χ2n) is 7.92. The van der Waals surface area contributed by atoms with Gasteiger partial charge in [-0.05, 0) is 67.3 Å². The van der Waals surface area contributed by atoms with Crippen LogP contribution in [0.4, 0.5) is 5.82 Å². The highest BCUT2D eigenvalue weighted by molar-refractivity contribution is 6.31. The number of carbonyl (C=O) groups is 2. The van der Waals surface area contributed by atoms with Crippen LogP contribution >= 0.6 is 23.2 Å². The standard InChI is InChI=1S/C23H20Cl2N4O2/c24-15-6-7-16-17(12-15)18(13-21(30)28-10-2-1-3-11-28)29(23(16)31)20-9-5-14-4-8-19(25)26-22(14)27-20/h4-9,12,18H,1-3,10-11,13H2. The summed E-state index contributed by atoms with van der Waals surface area (Å²) in [4.78, 5) is 38.8. The Morgan fingerprint density at radius 2 is 1.77 bits per heavy atom. The molecule has 3 aromatic rings. The number of hydrogen-bond donors (Lipinski definition) is 0. The lowest BCUT2D eigenvalue weighted by Crippen LogP contribution is -2.38. The normalized spacial score (nSPS) is 18.5.